The van der Waals surface area contributed by atoms with Crippen molar-refractivity contribution >= 4 is 15.9 Å². The maximum Gasteiger partial charge on any atom is 0.0506 e. The van der Waals surface area contributed by atoms with Crippen molar-refractivity contribution < 1.29 is 4.74 Å². The summed E-state index contributed by atoms with van der Waals surface area (Å²) in [5, 5.41) is 0. The lowest BCUT2D eigenvalue weighted by molar-refractivity contribution is 0.134. The van der Waals surface area contributed by atoms with Gasteiger partial charge in [0.1, 0.15) is 0 Å². The minimum absolute atomic E-state index is 0.822. The van der Waals surface area contributed by atoms with E-state index >= 15 is 0 Å². The topological polar surface area (TPSA) is 9.23 Å². The third-order valence-electron chi connectivity index (χ3n) is 2.12. The molecule has 0 aliphatic carbocycles. The Morgan fingerprint density at radius 1 is 1.21 bits per heavy atom. The summed E-state index contributed by atoms with van der Waals surface area (Å²) in [6, 6.07) is 8.30. The Balaban J connectivity index is 2.21. The van der Waals surface area contributed by atoms with Crippen LogP contribution in [0.1, 0.15) is 25.3 Å². The normalized spacial score (nSPS) is 10.4. The van der Waals surface area contributed by atoms with E-state index in [-0.39, 0.29) is 0 Å². The predicted molar refractivity (Wildman–Crippen MR) is 63.6 cm³/mol. The summed E-state index contributed by atoms with van der Waals surface area (Å²) < 4.78 is 6.69. The van der Waals surface area contributed by atoms with Gasteiger partial charge in [-0.1, -0.05) is 47.5 Å². The van der Waals surface area contributed by atoms with E-state index in [1.807, 2.05) is 6.07 Å². The van der Waals surface area contributed by atoms with E-state index in [0.29, 0.717) is 0 Å². The Labute approximate surface area is 94.6 Å². The Morgan fingerprint density at radius 2 is 2.00 bits per heavy atom. The van der Waals surface area contributed by atoms with Crippen molar-refractivity contribution in [2.24, 2.45) is 0 Å². The largest absolute Gasteiger partial charge is 0.381 e. The van der Waals surface area contributed by atoms with Crippen LogP contribution in [0.3, 0.4) is 0 Å². The van der Waals surface area contributed by atoms with Gasteiger partial charge in [-0.05, 0) is 24.5 Å². The second-order valence-electron chi connectivity index (χ2n) is 3.31. The molecule has 0 spiro atoms. The molecule has 1 aromatic carbocycles. The maximum atomic E-state index is 5.51. The highest BCUT2D eigenvalue weighted by Crippen LogP contribution is 2.16. The van der Waals surface area contributed by atoms with Crippen LogP contribution in [0, 0.1) is 0 Å². The van der Waals surface area contributed by atoms with E-state index < -0.39 is 0 Å². The minimum Gasteiger partial charge on any atom is -0.381 e. The summed E-state index contributed by atoms with van der Waals surface area (Å²) >= 11 is 3.52. The second-order valence-corrected chi connectivity index (χ2v) is 4.16. The van der Waals surface area contributed by atoms with Crippen molar-refractivity contribution in [3.8, 4) is 0 Å². The molecule has 0 saturated carbocycles. The molecule has 0 heterocycles. The van der Waals surface area contributed by atoms with Crippen LogP contribution in [0.4, 0.5) is 0 Å². The Kier molecular flexibility index (Phi) is 5.88. The highest BCUT2D eigenvalue weighted by Gasteiger charge is 1.97. The number of benzene rings is 1. The van der Waals surface area contributed by atoms with Gasteiger partial charge in [0, 0.05) is 11.1 Å². The molecule has 1 nitrogen and oxygen atoms in total. The highest BCUT2D eigenvalue weighted by molar-refractivity contribution is 9.10. The molecule has 14 heavy (non-hydrogen) atoms. The van der Waals surface area contributed by atoms with Gasteiger partial charge >= 0.3 is 0 Å². The molecule has 0 aliphatic heterocycles. The van der Waals surface area contributed by atoms with Crippen LogP contribution < -0.4 is 0 Å². The minimum atomic E-state index is 0.822. The average molecular weight is 257 g/mol. The molecule has 0 aromatic heterocycles. The van der Waals surface area contributed by atoms with E-state index in [2.05, 4.69) is 41.1 Å². The molecule has 0 aliphatic rings. The van der Waals surface area contributed by atoms with Crippen molar-refractivity contribution in [2.75, 3.05) is 13.2 Å². The van der Waals surface area contributed by atoms with E-state index in [0.717, 1.165) is 26.1 Å². The van der Waals surface area contributed by atoms with Crippen LogP contribution >= 0.6 is 15.9 Å². The van der Waals surface area contributed by atoms with Gasteiger partial charge < -0.3 is 4.74 Å². The zero-order valence-electron chi connectivity index (χ0n) is 8.63. The molecule has 0 atom stereocenters. The Bertz CT molecular complexity index is 260. The summed E-state index contributed by atoms with van der Waals surface area (Å²) in [5.41, 5.74) is 1.32. The number of unbranched alkanes of at least 4 members (excludes halogenated alkanes) is 1. The summed E-state index contributed by atoms with van der Waals surface area (Å²) in [4.78, 5) is 0. The number of rotatable bonds is 6. The predicted octanol–water partition coefficient (Wildman–Crippen LogP) is 3.81. The average Bonchev–Trinajstić information content (AvgIpc) is 2.20. The summed E-state index contributed by atoms with van der Waals surface area (Å²) in [6.07, 6.45) is 3.36. The van der Waals surface area contributed by atoms with Gasteiger partial charge in [0.25, 0.3) is 0 Å². The molecule has 1 rings (SSSR count). The van der Waals surface area contributed by atoms with E-state index in [4.69, 9.17) is 4.74 Å². The van der Waals surface area contributed by atoms with Crippen molar-refractivity contribution in [3.05, 3.63) is 34.3 Å². The van der Waals surface area contributed by atoms with Crippen LogP contribution in [0.5, 0.6) is 0 Å². The van der Waals surface area contributed by atoms with Crippen molar-refractivity contribution in [1.82, 2.24) is 0 Å². The molecule has 2 heteroatoms. The Hall–Kier alpha value is -0.340. The van der Waals surface area contributed by atoms with E-state index in [1.165, 1.54) is 16.5 Å². The fourth-order valence-corrected chi connectivity index (χ4v) is 1.71. The van der Waals surface area contributed by atoms with Gasteiger partial charge in [0.05, 0.1) is 6.61 Å². The molecule has 0 N–H and O–H groups in total. The fourth-order valence-electron chi connectivity index (χ4n) is 1.23. The smallest absolute Gasteiger partial charge is 0.0506 e. The molecule has 0 saturated heterocycles. The van der Waals surface area contributed by atoms with Gasteiger partial charge in [0.15, 0.2) is 0 Å². The first-order chi connectivity index (χ1) is 6.84. The van der Waals surface area contributed by atoms with Crippen LogP contribution in [-0.4, -0.2) is 13.2 Å². The zero-order valence-corrected chi connectivity index (χ0v) is 10.2. The molecule has 0 bridgehead atoms. The van der Waals surface area contributed by atoms with Gasteiger partial charge in [-0.15, -0.1) is 0 Å². The van der Waals surface area contributed by atoms with Crippen LogP contribution in [0.2, 0.25) is 0 Å². The van der Waals surface area contributed by atoms with Gasteiger partial charge in [-0.2, -0.15) is 0 Å². The molecule has 1 aromatic rings. The molecule has 78 valence electrons. The Morgan fingerprint density at radius 3 is 2.71 bits per heavy atom. The van der Waals surface area contributed by atoms with E-state index in [1.54, 1.807) is 0 Å². The fraction of sp³-hybridized carbons (Fsp3) is 0.500. The quantitative estimate of drug-likeness (QED) is 0.704. The highest BCUT2D eigenvalue weighted by atomic mass is 79.9. The van der Waals surface area contributed by atoms with Gasteiger partial charge in [0.2, 0.25) is 0 Å². The van der Waals surface area contributed by atoms with Crippen molar-refractivity contribution in [1.29, 1.82) is 0 Å². The van der Waals surface area contributed by atoms with Crippen molar-refractivity contribution in [3.63, 3.8) is 0 Å². The lowest BCUT2D eigenvalue weighted by Gasteiger charge is -2.05. The molecule has 0 radical (unpaired) electrons. The maximum absolute atomic E-state index is 5.51. The van der Waals surface area contributed by atoms with Crippen LogP contribution in [0.25, 0.3) is 0 Å². The molecule has 0 amide bonds. The van der Waals surface area contributed by atoms with Crippen LogP contribution in [0.15, 0.2) is 28.7 Å². The first-order valence-electron chi connectivity index (χ1n) is 5.15. The SMILES string of the molecule is CCCCOCCc1ccccc1Br. The second kappa shape index (κ2) is 7.02. The number of ether oxygens (including phenoxy) is 1. The summed E-state index contributed by atoms with van der Waals surface area (Å²) in [5.74, 6) is 0. The van der Waals surface area contributed by atoms with Crippen LogP contribution in [-0.2, 0) is 11.2 Å². The molecule has 0 unspecified atom stereocenters. The lowest BCUT2D eigenvalue weighted by atomic mass is 10.2. The standard InChI is InChI=1S/C12H17BrO/c1-2-3-9-14-10-8-11-6-4-5-7-12(11)13/h4-7H,2-3,8-10H2,1H3. The molecular formula is C12H17BrO. The first kappa shape index (κ1) is 11.7. The number of hydrogen-bond donors (Lipinski definition) is 0. The van der Waals surface area contributed by atoms with Crippen molar-refractivity contribution in [2.45, 2.75) is 26.2 Å². The van der Waals surface area contributed by atoms with Gasteiger partial charge in [-0.3, -0.25) is 0 Å². The number of hydrogen-bond acceptors (Lipinski definition) is 1. The first-order valence-corrected chi connectivity index (χ1v) is 5.95. The molecule has 0 fully saturated rings. The third kappa shape index (κ3) is 4.25. The zero-order chi connectivity index (χ0) is 10.2. The summed E-state index contributed by atoms with van der Waals surface area (Å²) in [6.45, 7) is 3.89. The molecular weight excluding hydrogens is 240 g/mol. The monoisotopic (exact) mass is 256 g/mol. The summed E-state index contributed by atoms with van der Waals surface area (Å²) in [7, 11) is 0. The lowest BCUT2D eigenvalue weighted by Crippen LogP contribution is -2.00. The third-order valence-corrected chi connectivity index (χ3v) is 2.89. The van der Waals surface area contributed by atoms with E-state index in [9.17, 15) is 0 Å². The number of halogens is 1. The van der Waals surface area contributed by atoms with Gasteiger partial charge in [-0.25, -0.2) is 0 Å².